The number of carbonyl (C=O) groups is 2. The molecule has 0 aliphatic carbocycles. The highest BCUT2D eigenvalue weighted by Crippen LogP contribution is 2.36. The first-order valence-corrected chi connectivity index (χ1v) is 8.32. The summed E-state index contributed by atoms with van der Waals surface area (Å²) >= 11 is 6.21. The van der Waals surface area contributed by atoms with Crippen LogP contribution >= 0.6 is 11.6 Å². The lowest BCUT2D eigenvalue weighted by atomic mass is 10.2. The summed E-state index contributed by atoms with van der Waals surface area (Å²) < 4.78 is 55.5. The van der Waals surface area contributed by atoms with Gasteiger partial charge in [-0.1, -0.05) is 23.7 Å². The molecule has 29 heavy (non-hydrogen) atoms. The largest absolute Gasteiger partial charge is 0.515 e. The number of hydrogen-bond acceptors (Lipinski definition) is 8. The van der Waals surface area contributed by atoms with Crippen LogP contribution in [0.2, 0.25) is 5.02 Å². The standard InChI is InChI=1S/C17H16ClF3N2O6/c1-9-13(28-15(24)26-3)23(12-7-5-4-6-11(12)18)14(10(2)22-9)29-16(25)27-8-17(19,20)21/h4-7,22H,8H2,1-3H3. The molecule has 2 rings (SSSR count). The smallest absolute Gasteiger partial charge is 0.437 e. The summed E-state index contributed by atoms with van der Waals surface area (Å²) in [6.07, 6.45) is -7.44. The molecule has 0 bridgehead atoms. The minimum atomic E-state index is -4.73. The van der Waals surface area contributed by atoms with Gasteiger partial charge < -0.3 is 24.3 Å². The number of methoxy groups -OCH3 is 1. The third-order valence-corrected chi connectivity index (χ3v) is 3.72. The molecule has 0 saturated heterocycles. The lowest BCUT2D eigenvalue weighted by molar-refractivity contribution is -0.164. The highest BCUT2D eigenvalue weighted by molar-refractivity contribution is 6.33. The van der Waals surface area contributed by atoms with Gasteiger partial charge in [0.15, 0.2) is 6.61 Å². The normalized spacial score (nSPS) is 14.4. The van der Waals surface area contributed by atoms with Crippen molar-refractivity contribution in [2.75, 3.05) is 18.6 Å². The van der Waals surface area contributed by atoms with E-state index in [4.69, 9.17) is 21.1 Å². The second-order valence-corrected chi connectivity index (χ2v) is 5.99. The average Bonchev–Trinajstić information content (AvgIpc) is 2.64. The van der Waals surface area contributed by atoms with Crippen LogP contribution in [-0.2, 0) is 18.9 Å². The van der Waals surface area contributed by atoms with Crippen molar-refractivity contribution in [2.45, 2.75) is 20.0 Å². The van der Waals surface area contributed by atoms with Gasteiger partial charge in [-0.25, -0.2) is 14.5 Å². The van der Waals surface area contributed by atoms with Gasteiger partial charge in [0.1, 0.15) is 0 Å². The van der Waals surface area contributed by atoms with Crippen LogP contribution in [0, 0.1) is 0 Å². The van der Waals surface area contributed by atoms with Crippen LogP contribution in [0.1, 0.15) is 13.8 Å². The first-order valence-electron chi connectivity index (χ1n) is 7.94. The lowest BCUT2D eigenvalue weighted by Crippen LogP contribution is -2.38. The predicted octanol–water partition coefficient (Wildman–Crippen LogP) is 4.63. The number of allylic oxidation sites excluding steroid dienone is 2. The van der Waals surface area contributed by atoms with E-state index in [2.05, 4.69) is 14.8 Å². The number of benzene rings is 1. The molecule has 0 atom stereocenters. The molecule has 0 saturated carbocycles. The van der Waals surface area contributed by atoms with E-state index in [0.717, 1.165) is 12.0 Å². The Morgan fingerprint density at radius 3 is 2.14 bits per heavy atom. The van der Waals surface area contributed by atoms with Gasteiger partial charge in [0.05, 0.1) is 29.2 Å². The molecule has 0 radical (unpaired) electrons. The minimum absolute atomic E-state index is 0.172. The number of ether oxygens (including phenoxy) is 4. The van der Waals surface area contributed by atoms with Crippen LogP contribution in [0.4, 0.5) is 28.4 Å². The Morgan fingerprint density at radius 1 is 1.07 bits per heavy atom. The minimum Gasteiger partial charge on any atom is -0.437 e. The highest BCUT2D eigenvalue weighted by atomic mass is 35.5. The summed E-state index contributed by atoms with van der Waals surface area (Å²) in [6, 6.07) is 6.25. The zero-order valence-electron chi connectivity index (χ0n) is 15.4. The van der Waals surface area contributed by atoms with Gasteiger partial charge in [0.2, 0.25) is 11.8 Å². The average molecular weight is 437 g/mol. The summed E-state index contributed by atoms with van der Waals surface area (Å²) in [4.78, 5) is 24.6. The second kappa shape index (κ2) is 8.95. The Balaban J connectivity index is 2.43. The number of rotatable bonds is 4. The first kappa shape index (κ1) is 22.2. The number of anilines is 1. The lowest BCUT2D eigenvalue weighted by Gasteiger charge is -2.33. The number of alkyl halides is 3. The zero-order chi connectivity index (χ0) is 21.8. The van der Waals surface area contributed by atoms with Crippen LogP contribution < -0.4 is 10.2 Å². The van der Waals surface area contributed by atoms with E-state index in [0.29, 0.717) is 5.70 Å². The van der Waals surface area contributed by atoms with Gasteiger partial charge in [0.25, 0.3) is 0 Å². The van der Waals surface area contributed by atoms with Gasteiger partial charge in [0, 0.05) is 0 Å². The molecular weight excluding hydrogens is 421 g/mol. The molecule has 12 heteroatoms. The molecule has 8 nitrogen and oxygen atoms in total. The highest BCUT2D eigenvalue weighted by Gasteiger charge is 2.35. The fourth-order valence-electron chi connectivity index (χ4n) is 2.28. The topological polar surface area (TPSA) is 86.3 Å². The van der Waals surface area contributed by atoms with Crippen LogP contribution in [0.3, 0.4) is 0 Å². The summed E-state index contributed by atoms with van der Waals surface area (Å²) in [5, 5.41) is 2.96. The maximum absolute atomic E-state index is 12.3. The van der Waals surface area contributed by atoms with Crippen molar-refractivity contribution in [1.29, 1.82) is 0 Å². The number of carbonyl (C=O) groups excluding carboxylic acids is 2. The Bertz CT molecular complexity index is 869. The molecule has 1 aromatic rings. The molecule has 1 aliphatic heterocycles. The van der Waals surface area contributed by atoms with Gasteiger partial charge in [-0.2, -0.15) is 13.2 Å². The Labute approximate surface area is 168 Å². The van der Waals surface area contributed by atoms with Crippen molar-refractivity contribution in [1.82, 2.24) is 5.32 Å². The maximum Gasteiger partial charge on any atom is 0.515 e. The predicted molar refractivity (Wildman–Crippen MR) is 94.4 cm³/mol. The molecule has 0 fully saturated rings. The Kier molecular flexibility index (Phi) is 6.85. The monoisotopic (exact) mass is 436 g/mol. The molecule has 1 N–H and O–H groups in total. The molecule has 0 spiro atoms. The van der Waals surface area contributed by atoms with Crippen molar-refractivity contribution in [3.63, 3.8) is 0 Å². The Hall–Kier alpha value is -3.08. The molecule has 1 aromatic carbocycles. The molecule has 0 amide bonds. The summed E-state index contributed by atoms with van der Waals surface area (Å²) in [5.74, 6) is -0.482. The van der Waals surface area contributed by atoms with E-state index < -0.39 is 25.1 Å². The van der Waals surface area contributed by atoms with E-state index in [9.17, 15) is 22.8 Å². The number of nitrogens with zero attached hydrogens (tertiary/aromatic N) is 1. The van der Waals surface area contributed by atoms with Gasteiger partial charge >= 0.3 is 18.5 Å². The van der Waals surface area contributed by atoms with Crippen molar-refractivity contribution >= 4 is 29.6 Å². The quantitative estimate of drug-likeness (QED) is 0.684. The van der Waals surface area contributed by atoms with Crippen molar-refractivity contribution in [2.24, 2.45) is 0 Å². The van der Waals surface area contributed by atoms with Crippen molar-refractivity contribution in [3.8, 4) is 0 Å². The molecular formula is C17H16ClF3N2O6. The van der Waals surface area contributed by atoms with E-state index >= 15 is 0 Å². The van der Waals surface area contributed by atoms with Crippen LogP contribution in [-0.4, -0.2) is 32.2 Å². The molecule has 0 aromatic heterocycles. The third kappa shape index (κ3) is 5.70. The van der Waals surface area contributed by atoms with Crippen LogP contribution in [0.15, 0.2) is 47.4 Å². The number of halogens is 4. The number of nitrogens with one attached hydrogen (secondary N) is 1. The van der Waals surface area contributed by atoms with Crippen molar-refractivity contribution in [3.05, 3.63) is 52.4 Å². The van der Waals surface area contributed by atoms with Crippen LogP contribution in [0.25, 0.3) is 0 Å². The number of hydrogen-bond donors (Lipinski definition) is 1. The molecule has 158 valence electrons. The van der Waals surface area contributed by atoms with Gasteiger partial charge in [-0.3, -0.25) is 0 Å². The molecule has 1 heterocycles. The zero-order valence-corrected chi connectivity index (χ0v) is 16.2. The fraction of sp³-hybridized carbons (Fsp3) is 0.294. The maximum atomic E-state index is 12.3. The molecule has 0 unspecified atom stereocenters. The van der Waals surface area contributed by atoms with E-state index in [1.54, 1.807) is 19.1 Å². The second-order valence-electron chi connectivity index (χ2n) is 5.58. The van der Waals surface area contributed by atoms with E-state index in [1.807, 2.05) is 0 Å². The first-order chi connectivity index (χ1) is 13.5. The third-order valence-electron chi connectivity index (χ3n) is 3.40. The van der Waals surface area contributed by atoms with Crippen LogP contribution in [0.5, 0.6) is 0 Å². The summed E-state index contributed by atoms with van der Waals surface area (Å²) in [5.41, 5.74) is 0.735. The van der Waals surface area contributed by atoms with E-state index in [1.165, 1.54) is 19.1 Å². The molecule has 1 aliphatic rings. The fourth-order valence-corrected chi connectivity index (χ4v) is 2.50. The van der Waals surface area contributed by atoms with E-state index in [-0.39, 0.29) is 28.2 Å². The number of para-hydroxylation sites is 1. The summed E-state index contributed by atoms with van der Waals surface area (Å²) in [7, 11) is 1.08. The summed E-state index contributed by atoms with van der Waals surface area (Å²) in [6.45, 7) is 1.19. The Morgan fingerprint density at radius 2 is 1.62 bits per heavy atom. The van der Waals surface area contributed by atoms with Crippen molar-refractivity contribution < 1.29 is 41.7 Å². The van der Waals surface area contributed by atoms with Gasteiger partial charge in [-0.15, -0.1) is 0 Å². The van der Waals surface area contributed by atoms with Gasteiger partial charge in [-0.05, 0) is 26.0 Å². The SMILES string of the molecule is COC(=O)OC1=C(C)NC(C)=C(OC(=O)OCC(F)(F)F)N1c1ccccc1Cl.